The molecule has 0 aliphatic carbocycles. The molecule has 1 aromatic carbocycles. The van der Waals surface area contributed by atoms with Gasteiger partial charge in [-0.3, -0.25) is 14.9 Å². The second-order valence-corrected chi connectivity index (χ2v) is 6.74. The third-order valence-electron chi connectivity index (χ3n) is 3.85. The highest BCUT2D eigenvalue weighted by Gasteiger charge is 2.12. The maximum atomic E-state index is 12.4. The van der Waals surface area contributed by atoms with E-state index in [1.165, 1.54) is 11.3 Å². The van der Waals surface area contributed by atoms with Crippen molar-refractivity contribution in [3.63, 3.8) is 0 Å². The SMILES string of the molecule is CCCCOc1ccc(C(=O)Nc2nc(-c3c[nH]c(C(N)=O)c3)cs2)cc1. The van der Waals surface area contributed by atoms with E-state index in [4.69, 9.17) is 10.5 Å². The number of ether oxygens (including phenoxy) is 1. The van der Waals surface area contributed by atoms with Crippen molar-refractivity contribution in [3.8, 4) is 17.0 Å². The van der Waals surface area contributed by atoms with E-state index in [2.05, 4.69) is 22.2 Å². The van der Waals surface area contributed by atoms with Crippen LogP contribution in [0, 0.1) is 0 Å². The van der Waals surface area contributed by atoms with Crippen molar-refractivity contribution in [2.24, 2.45) is 5.73 Å². The first kappa shape index (κ1) is 18.7. The lowest BCUT2D eigenvalue weighted by molar-refractivity contribution is 0.0994. The van der Waals surface area contributed by atoms with Gasteiger partial charge in [0, 0.05) is 22.7 Å². The van der Waals surface area contributed by atoms with Crippen LogP contribution < -0.4 is 15.8 Å². The number of H-pyrrole nitrogens is 1. The molecule has 0 saturated heterocycles. The molecule has 7 nitrogen and oxygen atoms in total. The number of nitrogens with zero attached hydrogens (tertiary/aromatic N) is 1. The standard InChI is InChI=1S/C19H20N4O3S/c1-2-3-8-26-14-6-4-12(5-7-14)18(25)23-19-22-16(11-27-19)13-9-15(17(20)24)21-10-13/h4-7,9-11,21H,2-3,8H2,1H3,(H2,20,24)(H,22,23,25). The van der Waals surface area contributed by atoms with Gasteiger partial charge in [0.2, 0.25) is 0 Å². The first-order chi connectivity index (χ1) is 13.1. The van der Waals surface area contributed by atoms with Crippen LogP contribution in [0.5, 0.6) is 5.75 Å². The number of unbranched alkanes of at least 4 members (excludes halogenated alkanes) is 1. The Morgan fingerprint density at radius 1 is 1.30 bits per heavy atom. The fourth-order valence-corrected chi connectivity index (χ4v) is 3.07. The summed E-state index contributed by atoms with van der Waals surface area (Å²) in [4.78, 5) is 30.7. The first-order valence-electron chi connectivity index (χ1n) is 8.55. The number of primary amides is 1. The number of aromatic nitrogens is 2. The number of amides is 2. The van der Waals surface area contributed by atoms with E-state index in [1.54, 1.807) is 41.9 Å². The molecular weight excluding hydrogens is 364 g/mol. The van der Waals surface area contributed by atoms with Gasteiger partial charge in [-0.05, 0) is 36.8 Å². The van der Waals surface area contributed by atoms with Crippen molar-refractivity contribution in [2.75, 3.05) is 11.9 Å². The van der Waals surface area contributed by atoms with Gasteiger partial charge in [0.25, 0.3) is 11.8 Å². The van der Waals surface area contributed by atoms with Gasteiger partial charge in [-0.1, -0.05) is 13.3 Å². The normalized spacial score (nSPS) is 10.6. The Bertz CT molecular complexity index is 931. The van der Waals surface area contributed by atoms with E-state index in [0.717, 1.165) is 24.2 Å². The zero-order chi connectivity index (χ0) is 19.2. The Morgan fingerprint density at radius 2 is 2.07 bits per heavy atom. The summed E-state index contributed by atoms with van der Waals surface area (Å²) in [5, 5.41) is 5.05. The quantitative estimate of drug-likeness (QED) is 0.515. The Balaban J connectivity index is 1.62. The van der Waals surface area contributed by atoms with Gasteiger partial charge >= 0.3 is 0 Å². The van der Waals surface area contributed by atoms with Crippen molar-refractivity contribution in [3.05, 3.63) is 53.2 Å². The molecule has 3 rings (SSSR count). The van der Waals surface area contributed by atoms with Crippen molar-refractivity contribution < 1.29 is 14.3 Å². The van der Waals surface area contributed by atoms with Crippen LogP contribution >= 0.6 is 11.3 Å². The lowest BCUT2D eigenvalue weighted by atomic mass is 10.2. The van der Waals surface area contributed by atoms with Gasteiger partial charge < -0.3 is 15.5 Å². The number of hydrogen-bond donors (Lipinski definition) is 3. The second kappa shape index (κ2) is 8.50. The zero-order valence-corrected chi connectivity index (χ0v) is 15.6. The molecule has 3 aromatic rings. The number of carbonyl (C=O) groups is 2. The molecule has 2 aromatic heterocycles. The van der Waals surface area contributed by atoms with Crippen LogP contribution in [0.4, 0.5) is 5.13 Å². The fourth-order valence-electron chi connectivity index (χ4n) is 2.35. The maximum Gasteiger partial charge on any atom is 0.265 e. The van der Waals surface area contributed by atoms with E-state index in [9.17, 15) is 9.59 Å². The molecule has 0 saturated carbocycles. The number of rotatable bonds is 8. The summed E-state index contributed by atoms with van der Waals surface area (Å²) in [6.45, 7) is 2.77. The van der Waals surface area contributed by atoms with Crippen molar-refractivity contribution in [2.45, 2.75) is 19.8 Å². The Hall–Kier alpha value is -3.13. The topological polar surface area (TPSA) is 110 Å². The summed E-state index contributed by atoms with van der Waals surface area (Å²) in [6.07, 6.45) is 3.72. The van der Waals surface area contributed by atoms with E-state index in [1.807, 2.05) is 0 Å². The number of carbonyl (C=O) groups excluding carboxylic acids is 2. The third-order valence-corrected chi connectivity index (χ3v) is 4.61. The lowest BCUT2D eigenvalue weighted by Crippen LogP contribution is -2.11. The molecule has 2 heterocycles. The molecule has 0 bridgehead atoms. The Morgan fingerprint density at radius 3 is 2.74 bits per heavy atom. The highest BCUT2D eigenvalue weighted by Crippen LogP contribution is 2.26. The highest BCUT2D eigenvalue weighted by molar-refractivity contribution is 7.14. The van der Waals surface area contributed by atoms with Gasteiger partial charge in [-0.25, -0.2) is 4.98 Å². The molecule has 4 N–H and O–H groups in total. The Labute approximate surface area is 160 Å². The van der Waals surface area contributed by atoms with Crippen LogP contribution in [-0.4, -0.2) is 28.4 Å². The number of aromatic amines is 1. The van der Waals surface area contributed by atoms with Crippen LogP contribution in [0.2, 0.25) is 0 Å². The molecule has 8 heteroatoms. The fraction of sp³-hybridized carbons (Fsp3) is 0.211. The van der Waals surface area contributed by atoms with Crippen LogP contribution in [0.3, 0.4) is 0 Å². The van der Waals surface area contributed by atoms with Gasteiger partial charge in [-0.15, -0.1) is 11.3 Å². The Kier molecular flexibility index (Phi) is 5.87. The summed E-state index contributed by atoms with van der Waals surface area (Å²) in [7, 11) is 0. The van der Waals surface area contributed by atoms with Crippen LogP contribution in [0.1, 0.15) is 40.6 Å². The molecule has 0 spiro atoms. The molecule has 0 radical (unpaired) electrons. The van der Waals surface area contributed by atoms with Crippen molar-refractivity contribution >= 4 is 28.3 Å². The van der Waals surface area contributed by atoms with Crippen molar-refractivity contribution in [1.29, 1.82) is 0 Å². The molecule has 2 amide bonds. The molecule has 0 unspecified atom stereocenters. The summed E-state index contributed by atoms with van der Waals surface area (Å²) < 4.78 is 5.59. The number of nitrogens with two attached hydrogens (primary N) is 1. The molecular formula is C19H20N4O3S. The number of hydrogen-bond acceptors (Lipinski definition) is 5. The first-order valence-corrected chi connectivity index (χ1v) is 9.43. The lowest BCUT2D eigenvalue weighted by Gasteiger charge is -2.06. The van der Waals surface area contributed by atoms with Gasteiger partial charge in [0.15, 0.2) is 5.13 Å². The zero-order valence-electron chi connectivity index (χ0n) is 14.8. The minimum Gasteiger partial charge on any atom is -0.494 e. The minimum atomic E-state index is -0.535. The summed E-state index contributed by atoms with van der Waals surface area (Å²) >= 11 is 1.30. The number of anilines is 1. The van der Waals surface area contributed by atoms with Gasteiger partial charge in [-0.2, -0.15) is 0 Å². The van der Waals surface area contributed by atoms with E-state index >= 15 is 0 Å². The highest BCUT2D eigenvalue weighted by atomic mass is 32.1. The molecule has 0 atom stereocenters. The maximum absolute atomic E-state index is 12.4. The number of thiazole rings is 1. The molecule has 140 valence electrons. The monoisotopic (exact) mass is 384 g/mol. The predicted octanol–water partition coefficient (Wildman–Crippen LogP) is 3.67. The molecule has 0 aliphatic rings. The summed E-state index contributed by atoms with van der Waals surface area (Å²) in [5.41, 5.74) is 7.44. The average molecular weight is 384 g/mol. The predicted molar refractivity (Wildman–Crippen MR) is 105 cm³/mol. The number of benzene rings is 1. The van der Waals surface area contributed by atoms with Crippen molar-refractivity contribution in [1.82, 2.24) is 9.97 Å². The number of nitrogens with one attached hydrogen (secondary N) is 2. The van der Waals surface area contributed by atoms with E-state index in [0.29, 0.717) is 28.7 Å². The minimum absolute atomic E-state index is 0.247. The van der Waals surface area contributed by atoms with Gasteiger partial charge in [0.05, 0.1) is 12.3 Å². The van der Waals surface area contributed by atoms with Crippen LogP contribution in [0.25, 0.3) is 11.3 Å². The molecule has 27 heavy (non-hydrogen) atoms. The molecule has 0 aliphatic heterocycles. The largest absolute Gasteiger partial charge is 0.494 e. The second-order valence-electron chi connectivity index (χ2n) is 5.88. The van der Waals surface area contributed by atoms with Crippen LogP contribution in [0.15, 0.2) is 41.9 Å². The summed E-state index contributed by atoms with van der Waals surface area (Å²) in [5.74, 6) is -0.0377. The van der Waals surface area contributed by atoms with Gasteiger partial charge in [0.1, 0.15) is 11.4 Å². The van der Waals surface area contributed by atoms with Crippen LogP contribution in [-0.2, 0) is 0 Å². The van der Waals surface area contributed by atoms with E-state index in [-0.39, 0.29) is 5.91 Å². The molecule has 0 fully saturated rings. The van der Waals surface area contributed by atoms with E-state index < -0.39 is 5.91 Å². The third kappa shape index (κ3) is 4.73. The average Bonchev–Trinajstić information content (AvgIpc) is 3.32. The summed E-state index contributed by atoms with van der Waals surface area (Å²) in [6, 6.07) is 8.62. The smallest absolute Gasteiger partial charge is 0.265 e.